The second-order valence-corrected chi connectivity index (χ2v) is 8.50. The Labute approximate surface area is 186 Å². The van der Waals surface area contributed by atoms with Gasteiger partial charge in [0.05, 0.1) is 10.9 Å². The lowest BCUT2D eigenvalue weighted by Crippen LogP contribution is -2.32. The molecule has 3 heterocycles. The molecule has 0 saturated carbocycles. The lowest BCUT2D eigenvalue weighted by molar-refractivity contribution is 0.102. The molecule has 8 heteroatoms. The molecule has 0 spiro atoms. The minimum absolute atomic E-state index is 0.0227. The smallest absolute Gasteiger partial charge is 0.329 e. The number of carbonyl (C=O) groups excluding carboxylic acids is 1. The van der Waals surface area contributed by atoms with Gasteiger partial charge in [-0.2, -0.15) is 0 Å². The summed E-state index contributed by atoms with van der Waals surface area (Å²) >= 11 is 0. The SMILES string of the molecule is CCn1c(=O)[nH]c(=O)c2c(C(=O)Nc3ccc(N4CCCCC4)cc3)cc(C(C)C)nc21. The molecule has 0 atom stereocenters. The van der Waals surface area contributed by atoms with Gasteiger partial charge in [-0.25, -0.2) is 9.78 Å². The summed E-state index contributed by atoms with van der Waals surface area (Å²) in [5.74, 6) is -0.383. The van der Waals surface area contributed by atoms with Gasteiger partial charge in [0, 0.05) is 36.7 Å². The molecular weight excluding hydrogens is 406 g/mol. The summed E-state index contributed by atoms with van der Waals surface area (Å²) in [6.45, 7) is 8.14. The van der Waals surface area contributed by atoms with E-state index in [4.69, 9.17) is 0 Å². The number of aromatic nitrogens is 3. The Kier molecular flexibility index (Phi) is 6.12. The van der Waals surface area contributed by atoms with E-state index < -0.39 is 17.2 Å². The molecule has 2 aromatic heterocycles. The zero-order valence-corrected chi connectivity index (χ0v) is 18.8. The first kappa shape index (κ1) is 21.8. The molecule has 2 N–H and O–H groups in total. The van der Waals surface area contributed by atoms with Gasteiger partial charge in [-0.1, -0.05) is 13.8 Å². The molecule has 4 rings (SSSR count). The highest BCUT2D eigenvalue weighted by Gasteiger charge is 2.20. The van der Waals surface area contributed by atoms with Gasteiger partial charge in [-0.15, -0.1) is 0 Å². The molecule has 1 amide bonds. The number of hydrogen-bond acceptors (Lipinski definition) is 5. The number of fused-ring (bicyclic) bond motifs is 1. The summed E-state index contributed by atoms with van der Waals surface area (Å²) in [7, 11) is 0. The van der Waals surface area contributed by atoms with E-state index in [1.165, 1.54) is 23.8 Å². The van der Waals surface area contributed by atoms with E-state index in [2.05, 4.69) is 20.2 Å². The van der Waals surface area contributed by atoms with Gasteiger partial charge in [0.2, 0.25) is 0 Å². The van der Waals surface area contributed by atoms with Crippen molar-refractivity contribution >= 4 is 28.3 Å². The Morgan fingerprint density at radius 1 is 1.12 bits per heavy atom. The molecule has 0 unspecified atom stereocenters. The third-order valence-corrected chi connectivity index (χ3v) is 5.97. The number of aryl methyl sites for hydroxylation is 1. The number of nitrogens with zero attached hydrogens (tertiary/aromatic N) is 3. The fourth-order valence-corrected chi connectivity index (χ4v) is 4.17. The van der Waals surface area contributed by atoms with Crippen LogP contribution in [0.25, 0.3) is 11.0 Å². The average molecular weight is 436 g/mol. The van der Waals surface area contributed by atoms with E-state index in [1.807, 2.05) is 38.1 Å². The number of carbonyl (C=O) groups is 1. The van der Waals surface area contributed by atoms with Gasteiger partial charge in [0.1, 0.15) is 0 Å². The van der Waals surface area contributed by atoms with Crippen molar-refractivity contribution in [2.24, 2.45) is 0 Å². The van der Waals surface area contributed by atoms with Gasteiger partial charge in [0.25, 0.3) is 11.5 Å². The van der Waals surface area contributed by atoms with Crippen molar-refractivity contribution in [1.82, 2.24) is 14.5 Å². The van der Waals surface area contributed by atoms with Crippen molar-refractivity contribution in [2.45, 2.75) is 52.5 Å². The first-order valence-corrected chi connectivity index (χ1v) is 11.2. The predicted molar refractivity (Wildman–Crippen MR) is 127 cm³/mol. The number of anilines is 2. The first-order chi connectivity index (χ1) is 15.4. The Bertz CT molecular complexity index is 1250. The van der Waals surface area contributed by atoms with Crippen LogP contribution in [-0.2, 0) is 6.54 Å². The molecule has 0 aliphatic carbocycles. The molecule has 8 nitrogen and oxygen atoms in total. The van der Waals surface area contributed by atoms with Crippen LogP contribution in [0.15, 0.2) is 39.9 Å². The lowest BCUT2D eigenvalue weighted by atomic mass is 10.0. The quantitative estimate of drug-likeness (QED) is 0.639. The fraction of sp³-hybridized carbons (Fsp3) is 0.417. The third-order valence-electron chi connectivity index (χ3n) is 5.97. The normalized spacial score (nSPS) is 14.2. The molecule has 1 aliphatic heterocycles. The molecule has 1 fully saturated rings. The fourth-order valence-electron chi connectivity index (χ4n) is 4.17. The van der Waals surface area contributed by atoms with Crippen LogP contribution >= 0.6 is 0 Å². The summed E-state index contributed by atoms with van der Waals surface area (Å²) in [6, 6.07) is 9.41. The van der Waals surface area contributed by atoms with Gasteiger partial charge < -0.3 is 10.2 Å². The third kappa shape index (κ3) is 4.17. The van der Waals surface area contributed by atoms with Crippen LogP contribution < -0.4 is 21.5 Å². The maximum Gasteiger partial charge on any atom is 0.329 e. The average Bonchev–Trinajstić information content (AvgIpc) is 2.79. The van der Waals surface area contributed by atoms with Gasteiger partial charge in [-0.05, 0) is 62.4 Å². The van der Waals surface area contributed by atoms with E-state index in [-0.39, 0.29) is 22.5 Å². The molecule has 1 saturated heterocycles. The molecule has 0 bridgehead atoms. The number of amides is 1. The Balaban J connectivity index is 1.71. The van der Waals surface area contributed by atoms with Crippen molar-refractivity contribution in [3.63, 3.8) is 0 Å². The molecule has 1 aliphatic rings. The summed E-state index contributed by atoms with van der Waals surface area (Å²) in [5.41, 5.74) is 1.74. The lowest BCUT2D eigenvalue weighted by Gasteiger charge is -2.28. The summed E-state index contributed by atoms with van der Waals surface area (Å²) in [4.78, 5) is 47.4. The number of benzene rings is 1. The first-order valence-electron chi connectivity index (χ1n) is 11.2. The number of pyridine rings is 1. The second kappa shape index (κ2) is 8.98. The Morgan fingerprint density at radius 2 is 1.81 bits per heavy atom. The van der Waals surface area contributed by atoms with Crippen LogP contribution in [0, 0.1) is 0 Å². The highest BCUT2D eigenvalue weighted by atomic mass is 16.2. The van der Waals surface area contributed by atoms with Crippen LogP contribution in [-0.4, -0.2) is 33.5 Å². The monoisotopic (exact) mass is 435 g/mol. The second-order valence-electron chi connectivity index (χ2n) is 8.50. The number of piperidine rings is 1. The van der Waals surface area contributed by atoms with Crippen LogP contribution in [0.4, 0.5) is 11.4 Å². The van der Waals surface area contributed by atoms with E-state index in [9.17, 15) is 14.4 Å². The Hall–Kier alpha value is -3.42. The van der Waals surface area contributed by atoms with Crippen LogP contribution in [0.5, 0.6) is 0 Å². The summed E-state index contributed by atoms with van der Waals surface area (Å²) < 4.78 is 1.38. The summed E-state index contributed by atoms with van der Waals surface area (Å²) in [5, 5.41) is 3.02. The van der Waals surface area contributed by atoms with E-state index in [0.29, 0.717) is 17.9 Å². The van der Waals surface area contributed by atoms with E-state index >= 15 is 0 Å². The predicted octanol–water partition coefficient (Wildman–Crippen LogP) is 3.47. The van der Waals surface area contributed by atoms with Crippen molar-refractivity contribution < 1.29 is 4.79 Å². The van der Waals surface area contributed by atoms with Crippen LogP contribution in [0.1, 0.15) is 62.0 Å². The molecule has 3 aromatic rings. The zero-order chi connectivity index (χ0) is 22.8. The van der Waals surface area contributed by atoms with Crippen LogP contribution in [0.2, 0.25) is 0 Å². The zero-order valence-electron chi connectivity index (χ0n) is 18.8. The molecule has 32 heavy (non-hydrogen) atoms. The minimum Gasteiger partial charge on any atom is -0.372 e. The molecular formula is C24H29N5O3. The van der Waals surface area contributed by atoms with Crippen molar-refractivity contribution in [1.29, 1.82) is 0 Å². The van der Waals surface area contributed by atoms with Crippen molar-refractivity contribution in [3.05, 3.63) is 62.4 Å². The standard InChI is InChI=1S/C24H29N5O3/c1-4-29-21-20(23(31)27-24(29)32)18(14-19(26-21)15(2)3)22(30)25-16-8-10-17(11-9-16)28-12-6-5-7-13-28/h8-11,14-15H,4-7,12-13H2,1-3H3,(H,25,30)(H,27,31,32). The van der Waals surface area contributed by atoms with Gasteiger partial charge in [-0.3, -0.25) is 19.1 Å². The van der Waals surface area contributed by atoms with Crippen LogP contribution in [0.3, 0.4) is 0 Å². The highest BCUT2D eigenvalue weighted by molar-refractivity contribution is 6.11. The number of rotatable bonds is 5. The molecule has 0 radical (unpaired) electrons. The van der Waals surface area contributed by atoms with E-state index in [0.717, 1.165) is 18.8 Å². The van der Waals surface area contributed by atoms with Gasteiger partial charge >= 0.3 is 5.69 Å². The largest absolute Gasteiger partial charge is 0.372 e. The number of H-pyrrole nitrogens is 1. The maximum absolute atomic E-state index is 13.2. The van der Waals surface area contributed by atoms with Crippen molar-refractivity contribution in [3.8, 4) is 0 Å². The van der Waals surface area contributed by atoms with Crippen molar-refractivity contribution in [2.75, 3.05) is 23.3 Å². The number of aromatic amines is 1. The Morgan fingerprint density at radius 3 is 2.44 bits per heavy atom. The highest BCUT2D eigenvalue weighted by Crippen LogP contribution is 2.24. The van der Waals surface area contributed by atoms with E-state index in [1.54, 1.807) is 13.0 Å². The number of nitrogens with one attached hydrogen (secondary N) is 2. The van der Waals surface area contributed by atoms with Gasteiger partial charge in [0.15, 0.2) is 5.65 Å². The minimum atomic E-state index is -0.608. The number of hydrogen-bond donors (Lipinski definition) is 2. The maximum atomic E-state index is 13.2. The molecule has 1 aromatic carbocycles. The summed E-state index contributed by atoms with van der Waals surface area (Å²) in [6.07, 6.45) is 3.67. The topological polar surface area (TPSA) is 100 Å². The molecule has 168 valence electrons.